The van der Waals surface area contributed by atoms with Crippen LogP contribution < -0.4 is 4.90 Å². The predicted molar refractivity (Wildman–Crippen MR) is 57.3 cm³/mol. The molecule has 1 aromatic rings. The number of nitrogens with one attached hydrogen (secondary N) is 1. The number of likely N-dealkylation sites (N-methyl/N-ethyl adjacent to an activating group) is 1. The van der Waals surface area contributed by atoms with Crippen LogP contribution in [0, 0.1) is 5.41 Å². The molecule has 0 saturated carbocycles. The van der Waals surface area contributed by atoms with Crippen LogP contribution in [-0.2, 0) is 11.2 Å². The zero-order valence-corrected chi connectivity index (χ0v) is 8.50. The highest BCUT2D eigenvalue weighted by molar-refractivity contribution is 5.92. The summed E-state index contributed by atoms with van der Waals surface area (Å²) in [5.41, 5.74) is 3.45. The number of fused-ring (bicyclic) bond motifs is 1. The lowest BCUT2D eigenvalue weighted by Crippen LogP contribution is -2.12. The maximum absolute atomic E-state index is 7.56. The number of methoxy groups -OCH3 is 1. The Morgan fingerprint density at radius 2 is 2.29 bits per heavy atom. The van der Waals surface area contributed by atoms with Crippen molar-refractivity contribution in [3.8, 4) is 0 Å². The van der Waals surface area contributed by atoms with Crippen LogP contribution in [-0.4, -0.2) is 26.6 Å². The Kier molecular flexibility index (Phi) is 2.15. The molecular formula is C11H14N2O. The van der Waals surface area contributed by atoms with E-state index in [0.717, 1.165) is 18.5 Å². The Bertz CT molecular complexity index is 374. The van der Waals surface area contributed by atoms with Gasteiger partial charge in [0.1, 0.15) is 0 Å². The van der Waals surface area contributed by atoms with Gasteiger partial charge in [-0.25, -0.2) is 0 Å². The first kappa shape index (κ1) is 9.06. The fourth-order valence-corrected chi connectivity index (χ4v) is 1.83. The summed E-state index contributed by atoms with van der Waals surface area (Å²) >= 11 is 0. The van der Waals surface area contributed by atoms with E-state index in [9.17, 15) is 0 Å². The van der Waals surface area contributed by atoms with Gasteiger partial charge >= 0.3 is 0 Å². The van der Waals surface area contributed by atoms with Gasteiger partial charge < -0.3 is 9.64 Å². The minimum absolute atomic E-state index is 0.238. The summed E-state index contributed by atoms with van der Waals surface area (Å²) in [7, 11) is 3.62. The van der Waals surface area contributed by atoms with Gasteiger partial charge in [-0.05, 0) is 30.2 Å². The van der Waals surface area contributed by atoms with E-state index in [-0.39, 0.29) is 5.90 Å². The number of nitrogens with zero attached hydrogens (tertiary/aromatic N) is 1. The summed E-state index contributed by atoms with van der Waals surface area (Å²) in [4.78, 5) is 2.23. The molecule has 0 fully saturated rings. The van der Waals surface area contributed by atoms with Crippen molar-refractivity contribution in [3.05, 3.63) is 29.3 Å². The van der Waals surface area contributed by atoms with Gasteiger partial charge in [-0.1, -0.05) is 0 Å². The molecule has 0 bridgehead atoms. The standard InChI is InChI=1S/C11H14N2O/c1-13-6-5-8-7-9(11(12)14-2)3-4-10(8)13/h3-4,7,12H,5-6H2,1-2H3. The van der Waals surface area contributed by atoms with Crippen molar-refractivity contribution < 1.29 is 4.74 Å². The molecule has 1 aliphatic rings. The second-order valence-electron chi connectivity index (χ2n) is 3.55. The van der Waals surface area contributed by atoms with E-state index in [1.165, 1.54) is 18.4 Å². The number of anilines is 1. The lowest BCUT2D eigenvalue weighted by atomic mass is 10.1. The third kappa shape index (κ3) is 1.35. The molecule has 0 amide bonds. The van der Waals surface area contributed by atoms with E-state index in [2.05, 4.69) is 18.0 Å². The number of ether oxygens (including phenoxy) is 1. The maximum Gasteiger partial charge on any atom is 0.212 e. The summed E-state index contributed by atoms with van der Waals surface area (Å²) in [6, 6.07) is 6.04. The van der Waals surface area contributed by atoms with E-state index in [4.69, 9.17) is 10.1 Å². The van der Waals surface area contributed by atoms with Gasteiger partial charge in [-0.2, -0.15) is 0 Å². The average molecular weight is 190 g/mol. The van der Waals surface area contributed by atoms with Crippen LogP contribution in [0.5, 0.6) is 0 Å². The first-order chi connectivity index (χ1) is 6.72. The highest BCUT2D eigenvalue weighted by Crippen LogP contribution is 2.27. The summed E-state index contributed by atoms with van der Waals surface area (Å²) in [6.45, 7) is 1.07. The summed E-state index contributed by atoms with van der Waals surface area (Å²) < 4.78 is 4.89. The van der Waals surface area contributed by atoms with E-state index in [0.29, 0.717) is 0 Å². The predicted octanol–water partition coefficient (Wildman–Crippen LogP) is 1.65. The Morgan fingerprint density at radius 3 is 3.00 bits per heavy atom. The summed E-state index contributed by atoms with van der Waals surface area (Å²) in [6.07, 6.45) is 1.07. The van der Waals surface area contributed by atoms with Crippen LogP contribution in [0.3, 0.4) is 0 Å². The van der Waals surface area contributed by atoms with E-state index in [1.807, 2.05) is 12.1 Å². The zero-order chi connectivity index (χ0) is 10.1. The van der Waals surface area contributed by atoms with Crippen molar-refractivity contribution in [1.82, 2.24) is 0 Å². The Hall–Kier alpha value is -1.51. The maximum atomic E-state index is 7.56. The van der Waals surface area contributed by atoms with Crippen molar-refractivity contribution in [2.75, 3.05) is 25.6 Å². The number of hydrogen-bond acceptors (Lipinski definition) is 3. The first-order valence-electron chi connectivity index (χ1n) is 4.69. The van der Waals surface area contributed by atoms with Gasteiger partial charge in [0.25, 0.3) is 0 Å². The third-order valence-corrected chi connectivity index (χ3v) is 2.67. The number of rotatable bonds is 1. The van der Waals surface area contributed by atoms with E-state index in [1.54, 1.807) is 0 Å². The molecule has 0 aromatic heterocycles. The molecule has 74 valence electrons. The van der Waals surface area contributed by atoms with Crippen molar-refractivity contribution in [1.29, 1.82) is 5.41 Å². The molecule has 1 N–H and O–H groups in total. The molecule has 2 rings (SSSR count). The van der Waals surface area contributed by atoms with Crippen LogP contribution in [0.1, 0.15) is 11.1 Å². The molecule has 3 nitrogen and oxygen atoms in total. The lowest BCUT2D eigenvalue weighted by molar-refractivity contribution is 0.401. The second-order valence-corrected chi connectivity index (χ2v) is 3.55. The van der Waals surface area contributed by atoms with Crippen molar-refractivity contribution in [3.63, 3.8) is 0 Å². The van der Waals surface area contributed by atoms with Gasteiger partial charge in [0.05, 0.1) is 7.11 Å². The largest absolute Gasteiger partial charge is 0.481 e. The first-order valence-corrected chi connectivity index (χ1v) is 4.69. The number of benzene rings is 1. The quantitative estimate of drug-likeness (QED) is 0.540. The zero-order valence-electron chi connectivity index (χ0n) is 8.50. The fraction of sp³-hybridized carbons (Fsp3) is 0.364. The minimum atomic E-state index is 0.238. The SMILES string of the molecule is COC(=N)c1ccc2c(c1)CCN2C. The lowest BCUT2D eigenvalue weighted by Gasteiger charge is -2.12. The van der Waals surface area contributed by atoms with Crippen LogP contribution in [0.2, 0.25) is 0 Å². The molecule has 3 heteroatoms. The number of hydrogen-bond donors (Lipinski definition) is 1. The smallest absolute Gasteiger partial charge is 0.212 e. The molecule has 0 saturated heterocycles. The third-order valence-electron chi connectivity index (χ3n) is 2.67. The molecule has 0 aliphatic carbocycles. The monoisotopic (exact) mass is 190 g/mol. The van der Waals surface area contributed by atoms with Crippen LogP contribution >= 0.6 is 0 Å². The highest BCUT2D eigenvalue weighted by atomic mass is 16.5. The van der Waals surface area contributed by atoms with E-state index >= 15 is 0 Å². The minimum Gasteiger partial charge on any atom is -0.481 e. The normalized spacial score (nSPS) is 14.0. The molecule has 1 heterocycles. The fourth-order valence-electron chi connectivity index (χ4n) is 1.83. The summed E-state index contributed by atoms with van der Waals surface area (Å²) in [5, 5.41) is 7.56. The Labute approximate surface area is 83.8 Å². The van der Waals surface area contributed by atoms with Crippen LogP contribution in [0.4, 0.5) is 5.69 Å². The van der Waals surface area contributed by atoms with Gasteiger partial charge in [-0.15, -0.1) is 0 Å². The highest BCUT2D eigenvalue weighted by Gasteiger charge is 2.16. The molecule has 1 aliphatic heterocycles. The van der Waals surface area contributed by atoms with Crippen molar-refractivity contribution in [2.45, 2.75) is 6.42 Å². The molecule has 0 atom stereocenters. The molecule has 14 heavy (non-hydrogen) atoms. The Morgan fingerprint density at radius 1 is 1.50 bits per heavy atom. The van der Waals surface area contributed by atoms with Crippen molar-refractivity contribution >= 4 is 11.6 Å². The topological polar surface area (TPSA) is 36.3 Å². The summed E-state index contributed by atoms with van der Waals surface area (Å²) in [5.74, 6) is 0.238. The molecule has 1 aromatic carbocycles. The van der Waals surface area contributed by atoms with Gasteiger partial charge in [-0.3, -0.25) is 5.41 Å². The van der Waals surface area contributed by atoms with Gasteiger partial charge in [0.2, 0.25) is 5.90 Å². The van der Waals surface area contributed by atoms with Gasteiger partial charge in [0.15, 0.2) is 0 Å². The molecular weight excluding hydrogens is 176 g/mol. The molecule has 0 radical (unpaired) electrons. The van der Waals surface area contributed by atoms with Gasteiger partial charge in [0, 0.05) is 24.8 Å². The second kappa shape index (κ2) is 3.33. The Balaban J connectivity index is 2.37. The van der Waals surface area contributed by atoms with Crippen LogP contribution in [0.25, 0.3) is 0 Å². The average Bonchev–Trinajstić information content (AvgIpc) is 2.59. The van der Waals surface area contributed by atoms with Crippen molar-refractivity contribution in [2.24, 2.45) is 0 Å². The molecule has 0 spiro atoms. The molecule has 0 unspecified atom stereocenters. The van der Waals surface area contributed by atoms with E-state index < -0.39 is 0 Å². The van der Waals surface area contributed by atoms with Crippen LogP contribution in [0.15, 0.2) is 18.2 Å².